The Kier molecular flexibility index (Phi) is 16.9. The fraction of sp³-hybridized carbons (Fsp3) is 0.288. The highest BCUT2D eigenvalue weighted by Gasteiger charge is 2.35. The second kappa shape index (κ2) is 23.7. The number of carbonyl (C=O) groups is 9. The summed E-state index contributed by atoms with van der Waals surface area (Å²) in [4.78, 5) is 124. The molecule has 21 heteroatoms. The maximum absolute atomic E-state index is 14.3. The average Bonchev–Trinajstić information content (AvgIpc) is 4.07. The largest absolute Gasteiger partial charge is 0.481 e. The molecule has 0 radical (unpaired) electrons. The first kappa shape index (κ1) is 51.8. The number of benzene rings is 4. The number of primary amides is 1. The maximum atomic E-state index is 14.3. The standard InChI is InChI=1S/C52H54N8O13/c53-47(67)42(23-28-25-54-37-15-7-5-9-30(28)37)58-51(71)43(24-29-26-55-38-16-8-6-10-31(29)38)59-49(69)40(18-21-45(63)64)56-48(68)39(17-20-44(61)62)57-50(70)41(19-22-46(65)66)60-52(72)73-27-36-34-13-3-1-11-32(34)33-12-2-4-14-35(33)36/h1-16,25-26,36,39-43,54-55H,17-24,27H2,(H2,53,67)(H,56,68)(H,57,70)(H,58,71)(H,59,69)(H,60,72)(H,61,62)(H,63,64)(H,65,66)/t39-,40-,41-,42-,43-/m0/s1. The minimum absolute atomic E-state index is 0.0298. The van der Waals surface area contributed by atoms with E-state index in [9.17, 15) is 58.5 Å². The molecular weight excluding hydrogens is 945 g/mol. The summed E-state index contributed by atoms with van der Waals surface area (Å²) in [5.74, 6) is -9.46. The molecule has 6 amide bonds. The van der Waals surface area contributed by atoms with Crippen molar-refractivity contribution in [1.29, 1.82) is 0 Å². The number of carbonyl (C=O) groups excluding carboxylic acids is 6. The molecule has 0 unspecified atom stereocenters. The first-order chi connectivity index (χ1) is 35.1. The van der Waals surface area contributed by atoms with E-state index in [2.05, 4.69) is 36.6 Å². The van der Waals surface area contributed by atoms with E-state index in [1.165, 1.54) is 0 Å². The van der Waals surface area contributed by atoms with Gasteiger partial charge in [-0.3, -0.25) is 38.4 Å². The number of aromatic nitrogens is 2. The average molecular weight is 999 g/mol. The molecule has 4 aromatic carbocycles. The van der Waals surface area contributed by atoms with Crippen molar-refractivity contribution in [3.05, 3.63) is 132 Å². The fourth-order valence-corrected chi connectivity index (χ4v) is 8.95. The van der Waals surface area contributed by atoms with Gasteiger partial charge in [0.15, 0.2) is 0 Å². The summed E-state index contributed by atoms with van der Waals surface area (Å²) >= 11 is 0. The lowest BCUT2D eigenvalue weighted by molar-refractivity contribution is -0.140. The summed E-state index contributed by atoms with van der Waals surface area (Å²) in [6, 6.07) is 21.7. The Balaban J connectivity index is 1.08. The van der Waals surface area contributed by atoms with Crippen LogP contribution in [0.5, 0.6) is 0 Å². The quantitative estimate of drug-likeness (QED) is 0.0393. The molecule has 0 saturated heterocycles. The molecule has 7 rings (SSSR count). The molecule has 73 heavy (non-hydrogen) atoms. The number of fused-ring (bicyclic) bond motifs is 5. The Morgan fingerprint density at radius 1 is 0.493 bits per heavy atom. The number of nitrogens with one attached hydrogen (secondary N) is 7. The lowest BCUT2D eigenvalue weighted by Crippen LogP contribution is -2.59. The number of nitrogens with two attached hydrogens (primary N) is 1. The third-order valence-corrected chi connectivity index (χ3v) is 12.6. The normalized spacial score (nSPS) is 13.8. The first-order valence-electron chi connectivity index (χ1n) is 23.4. The number of hydrogen-bond acceptors (Lipinski definition) is 10. The topological polar surface area (TPSA) is 341 Å². The van der Waals surface area contributed by atoms with Gasteiger partial charge >= 0.3 is 24.0 Å². The number of carboxylic acids is 3. The van der Waals surface area contributed by atoms with Crippen molar-refractivity contribution >= 4 is 75.3 Å². The number of ether oxygens (including phenoxy) is 1. The molecule has 380 valence electrons. The monoisotopic (exact) mass is 998 g/mol. The van der Waals surface area contributed by atoms with Crippen LogP contribution in [0.2, 0.25) is 0 Å². The van der Waals surface area contributed by atoms with E-state index in [0.29, 0.717) is 22.0 Å². The van der Waals surface area contributed by atoms with Gasteiger partial charge < -0.3 is 62.3 Å². The number of amides is 6. The zero-order valence-electron chi connectivity index (χ0n) is 39.2. The van der Waals surface area contributed by atoms with E-state index in [-0.39, 0.29) is 25.4 Å². The lowest BCUT2D eigenvalue weighted by atomic mass is 9.98. The van der Waals surface area contributed by atoms with Crippen LogP contribution in [0.4, 0.5) is 4.79 Å². The van der Waals surface area contributed by atoms with Gasteiger partial charge in [-0.2, -0.15) is 0 Å². The van der Waals surface area contributed by atoms with Crippen LogP contribution in [0.1, 0.15) is 66.7 Å². The molecule has 1 aliphatic rings. The summed E-state index contributed by atoms with van der Waals surface area (Å²) in [6.45, 7) is -0.155. The van der Waals surface area contributed by atoms with Gasteiger partial charge in [-0.05, 0) is 64.8 Å². The molecule has 5 atom stereocenters. The molecule has 12 N–H and O–H groups in total. The number of hydrogen-bond donors (Lipinski definition) is 11. The number of aromatic amines is 2. The number of alkyl carbamates (subject to hydrolysis) is 1. The molecule has 0 bridgehead atoms. The summed E-state index contributed by atoms with van der Waals surface area (Å²) in [5.41, 5.74) is 12.2. The molecule has 2 heterocycles. The molecule has 2 aromatic heterocycles. The Morgan fingerprint density at radius 2 is 0.863 bits per heavy atom. The minimum Gasteiger partial charge on any atom is -0.481 e. The van der Waals surface area contributed by atoms with Crippen LogP contribution in [-0.2, 0) is 55.9 Å². The van der Waals surface area contributed by atoms with Crippen LogP contribution in [0.3, 0.4) is 0 Å². The van der Waals surface area contributed by atoms with Gasteiger partial charge in [0.1, 0.15) is 36.8 Å². The smallest absolute Gasteiger partial charge is 0.407 e. The van der Waals surface area contributed by atoms with Crippen LogP contribution in [-0.4, -0.2) is 116 Å². The summed E-state index contributed by atoms with van der Waals surface area (Å²) in [5, 5.41) is 42.6. The van der Waals surface area contributed by atoms with Gasteiger partial charge in [0.2, 0.25) is 29.5 Å². The fourth-order valence-electron chi connectivity index (χ4n) is 8.95. The maximum Gasteiger partial charge on any atom is 0.407 e. The number of aliphatic carboxylic acids is 3. The van der Waals surface area contributed by atoms with Crippen LogP contribution in [0.25, 0.3) is 32.9 Å². The van der Waals surface area contributed by atoms with E-state index in [4.69, 9.17) is 10.5 Å². The number of H-pyrrole nitrogens is 2. The molecule has 0 spiro atoms. The van der Waals surface area contributed by atoms with Crippen molar-refractivity contribution in [3.63, 3.8) is 0 Å². The molecule has 0 fully saturated rings. The van der Waals surface area contributed by atoms with Gasteiger partial charge in [-0.1, -0.05) is 84.9 Å². The minimum atomic E-state index is -1.74. The van der Waals surface area contributed by atoms with Gasteiger partial charge in [0.25, 0.3) is 0 Å². The lowest BCUT2D eigenvalue weighted by Gasteiger charge is -2.27. The highest BCUT2D eigenvalue weighted by Crippen LogP contribution is 2.44. The van der Waals surface area contributed by atoms with E-state index < -0.39 is 122 Å². The molecule has 1 aliphatic carbocycles. The summed E-state index contributed by atoms with van der Waals surface area (Å²) in [6.07, 6.45) is -1.61. The third-order valence-electron chi connectivity index (χ3n) is 12.6. The zero-order chi connectivity index (χ0) is 52.2. The SMILES string of the molecule is NC(=O)[C@H](Cc1c[nH]c2ccccc12)NC(=O)[C@H](Cc1c[nH]c2ccccc12)NC(=O)[C@H](CCC(=O)O)NC(=O)[C@H](CCC(=O)O)NC(=O)[C@H](CCC(=O)O)NC(=O)OCC1c2ccccc2-c2ccccc21. The van der Waals surface area contributed by atoms with Gasteiger partial charge in [0, 0.05) is 72.2 Å². The zero-order valence-corrected chi connectivity index (χ0v) is 39.2. The molecular formula is C52H54N8O13. The molecule has 0 saturated carbocycles. The number of para-hydroxylation sites is 2. The highest BCUT2D eigenvalue weighted by atomic mass is 16.5. The van der Waals surface area contributed by atoms with E-state index in [1.54, 1.807) is 42.7 Å². The van der Waals surface area contributed by atoms with E-state index in [0.717, 1.165) is 33.2 Å². The van der Waals surface area contributed by atoms with Gasteiger partial charge in [-0.15, -0.1) is 0 Å². The Bertz CT molecular complexity index is 3010. The van der Waals surface area contributed by atoms with E-state index >= 15 is 0 Å². The van der Waals surface area contributed by atoms with Crippen LogP contribution in [0, 0.1) is 0 Å². The summed E-state index contributed by atoms with van der Waals surface area (Å²) < 4.78 is 5.58. The van der Waals surface area contributed by atoms with Crippen LogP contribution >= 0.6 is 0 Å². The van der Waals surface area contributed by atoms with Crippen molar-refractivity contribution in [2.45, 2.75) is 87.5 Å². The Labute approximate surface area is 416 Å². The van der Waals surface area contributed by atoms with Gasteiger partial charge in [0.05, 0.1) is 0 Å². The second-order valence-electron chi connectivity index (χ2n) is 17.6. The van der Waals surface area contributed by atoms with Crippen molar-refractivity contribution in [2.75, 3.05) is 6.61 Å². The summed E-state index contributed by atoms with van der Waals surface area (Å²) in [7, 11) is 0. The second-order valence-corrected chi connectivity index (χ2v) is 17.6. The number of carboxylic acid groups (broad SMARTS) is 3. The van der Waals surface area contributed by atoms with Crippen molar-refractivity contribution in [3.8, 4) is 11.1 Å². The Morgan fingerprint density at radius 3 is 1.32 bits per heavy atom. The molecule has 0 aliphatic heterocycles. The highest BCUT2D eigenvalue weighted by molar-refractivity contribution is 5.97. The predicted molar refractivity (Wildman–Crippen MR) is 264 cm³/mol. The number of rotatable bonds is 25. The molecule has 6 aromatic rings. The van der Waals surface area contributed by atoms with Gasteiger partial charge in [-0.25, -0.2) is 4.79 Å². The van der Waals surface area contributed by atoms with Crippen molar-refractivity contribution in [1.82, 2.24) is 36.6 Å². The third kappa shape index (κ3) is 13.2. The van der Waals surface area contributed by atoms with Crippen molar-refractivity contribution in [2.24, 2.45) is 5.73 Å². The molecule has 21 nitrogen and oxygen atoms in total. The predicted octanol–water partition coefficient (Wildman–Crippen LogP) is 3.36. The first-order valence-corrected chi connectivity index (χ1v) is 23.4. The van der Waals surface area contributed by atoms with Crippen molar-refractivity contribution < 1.29 is 63.2 Å². The van der Waals surface area contributed by atoms with E-state index in [1.807, 2.05) is 66.7 Å². The Hall–Kier alpha value is -9.01. The van der Waals surface area contributed by atoms with Crippen LogP contribution in [0.15, 0.2) is 109 Å². The van der Waals surface area contributed by atoms with Crippen LogP contribution < -0.4 is 32.3 Å².